The maximum Gasteiger partial charge on any atom is 0.167 e. The number of carbonyl (C=O) groups excluding carboxylic acids is 1. The van der Waals surface area contributed by atoms with E-state index in [1.165, 1.54) is 0 Å². The summed E-state index contributed by atoms with van der Waals surface area (Å²) < 4.78 is 6.23. The van der Waals surface area contributed by atoms with Gasteiger partial charge in [0.15, 0.2) is 5.78 Å². The number of halogens is 1. The summed E-state index contributed by atoms with van der Waals surface area (Å²) in [6.45, 7) is 2.01. The monoisotopic (exact) mass is 318 g/mol. The number of ketones is 1. The van der Waals surface area contributed by atoms with Crippen molar-refractivity contribution in [1.82, 2.24) is 0 Å². The molecule has 0 amide bonds. The van der Waals surface area contributed by atoms with Gasteiger partial charge in [0.2, 0.25) is 0 Å². The number of hydrogen-bond acceptors (Lipinski definition) is 2. The molecule has 3 heteroatoms. The number of rotatable bonds is 4. The highest BCUT2D eigenvalue weighted by Gasteiger charge is 2.11. The van der Waals surface area contributed by atoms with E-state index in [-0.39, 0.29) is 5.78 Å². The molecule has 0 aliphatic heterocycles. The number of ether oxygens (including phenoxy) is 1. The van der Waals surface area contributed by atoms with Gasteiger partial charge in [0.25, 0.3) is 0 Å². The summed E-state index contributed by atoms with van der Waals surface area (Å²) in [6.07, 6.45) is 0.339. The van der Waals surface area contributed by atoms with Gasteiger partial charge in [-0.15, -0.1) is 0 Å². The lowest BCUT2D eigenvalue weighted by molar-refractivity contribution is 0.0992. The molecule has 0 radical (unpaired) electrons. The summed E-state index contributed by atoms with van der Waals surface area (Å²) in [4.78, 5) is 12.2. The molecule has 19 heavy (non-hydrogen) atoms. The zero-order chi connectivity index (χ0) is 13.8. The Kier molecular flexibility index (Phi) is 4.38. The molecule has 2 aromatic rings. The second-order valence-corrected chi connectivity index (χ2v) is 5.34. The van der Waals surface area contributed by atoms with Gasteiger partial charge >= 0.3 is 0 Å². The molecule has 2 aromatic carbocycles. The third-order valence-corrected chi connectivity index (χ3v) is 3.46. The molecule has 0 saturated heterocycles. The maximum absolute atomic E-state index is 12.2. The van der Waals surface area contributed by atoms with Crippen molar-refractivity contribution >= 4 is 21.7 Å². The molecule has 0 unspecified atom stereocenters. The van der Waals surface area contributed by atoms with Gasteiger partial charge in [-0.05, 0) is 25.1 Å². The lowest BCUT2D eigenvalue weighted by atomic mass is 10.0. The van der Waals surface area contributed by atoms with Gasteiger partial charge in [0, 0.05) is 22.0 Å². The minimum atomic E-state index is 0.0939. The Hall–Kier alpha value is -1.61. The smallest absolute Gasteiger partial charge is 0.167 e. The van der Waals surface area contributed by atoms with E-state index in [1.807, 2.05) is 49.4 Å². The van der Waals surface area contributed by atoms with Crippen LogP contribution in [0.4, 0.5) is 0 Å². The predicted octanol–water partition coefficient (Wildman–Crippen LogP) is 4.19. The van der Waals surface area contributed by atoms with Gasteiger partial charge in [-0.25, -0.2) is 0 Å². The van der Waals surface area contributed by atoms with E-state index in [1.54, 1.807) is 7.11 Å². The number of benzene rings is 2. The second kappa shape index (κ2) is 6.02. The minimum absolute atomic E-state index is 0.0939. The van der Waals surface area contributed by atoms with Gasteiger partial charge in [-0.3, -0.25) is 4.79 Å². The number of methoxy groups -OCH3 is 1. The molecule has 98 valence electrons. The topological polar surface area (TPSA) is 26.3 Å². The van der Waals surface area contributed by atoms with Crippen LogP contribution in [-0.2, 0) is 6.42 Å². The molecular formula is C16H15BrO2. The first kappa shape index (κ1) is 13.8. The molecule has 0 bridgehead atoms. The van der Waals surface area contributed by atoms with Crippen LogP contribution in [0.5, 0.6) is 5.75 Å². The molecule has 0 N–H and O–H groups in total. The Bertz CT molecular complexity index is 588. The Morgan fingerprint density at radius 3 is 2.47 bits per heavy atom. The van der Waals surface area contributed by atoms with Crippen LogP contribution in [0.2, 0.25) is 0 Å². The molecular weight excluding hydrogens is 304 g/mol. The van der Waals surface area contributed by atoms with Gasteiger partial charge in [-0.2, -0.15) is 0 Å². The summed E-state index contributed by atoms with van der Waals surface area (Å²) in [5.41, 5.74) is 2.77. The zero-order valence-electron chi connectivity index (χ0n) is 10.9. The number of carbonyl (C=O) groups is 1. The van der Waals surface area contributed by atoms with Crippen molar-refractivity contribution in [1.29, 1.82) is 0 Å². The first-order valence-electron chi connectivity index (χ1n) is 6.02. The van der Waals surface area contributed by atoms with Crippen LogP contribution in [0.3, 0.4) is 0 Å². The highest BCUT2D eigenvalue weighted by Crippen LogP contribution is 2.24. The summed E-state index contributed by atoms with van der Waals surface area (Å²) in [5, 5.41) is 0. The van der Waals surface area contributed by atoms with Crippen LogP contribution in [0.15, 0.2) is 46.9 Å². The van der Waals surface area contributed by atoms with E-state index in [0.717, 1.165) is 26.9 Å². The van der Waals surface area contributed by atoms with Gasteiger partial charge in [-0.1, -0.05) is 45.8 Å². The highest BCUT2D eigenvalue weighted by molar-refractivity contribution is 9.10. The number of Topliss-reactive ketones (excluding diaryl/α,β-unsaturated/α-hetero) is 1. The van der Waals surface area contributed by atoms with Gasteiger partial charge < -0.3 is 4.74 Å². The lowest BCUT2D eigenvalue weighted by Crippen LogP contribution is -2.05. The van der Waals surface area contributed by atoms with Crippen LogP contribution in [-0.4, -0.2) is 12.9 Å². The van der Waals surface area contributed by atoms with E-state index < -0.39 is 0 Å². The number of hydrogen-bond donors (Lipinski definition) is 0. The fourth-order valence-corrected chi connectivity index (χ4v) is 2.31. The largest absolute Gasteiger partial charge is 0.496 e. The minimum Gasteiger partial charge on any atom is -0.496 e. The summed E-state index contributed by atoms with van der Waals surface area (Å²) >= 11 is 3.41. The van der Waals surface area contributed by atoms with E-state index in [0.29, 0.717) is 6.42 Å². The Morgan fingerprint density at radius 2 is 1.84 bits per heavy atom. The lowest BCUT2D eigenvalue weighted by Gasteiger charge is -2.08. The average molecular weight is 319 g/mol. The van der Waals surface area contributed by atoms with Crippen molar-refractivity contribution in [2.75, 3.05) is 7.11 Å². The fraction of sp³-hybridized carbons (Fsp3) is 0.188. The van der Waals surface area contributed by atoms with Gasteiger partial charge in [0.1, 0.15) is 5.75 Å². The molecule has 2 rings (SSSR count). The van der Waals surface area contributed by atoms with Crippen LogP contribution in [0.1, 0.15) is 21.5 Å². The summed E-state index contributed by atoms with van der Waals surface area (Å²) in [6, 6.07) is 13.3. The Morgan fingerprint density at radius 1 is 1.16 bits per heavy atom. The van der Waals surface area contributed by atoms with E-state index in [9.17, 15) is 4.79 Å². The number of aryl methyl sites for hydroxylation is 1. The molecule has 0 aromatic heterocycles. The molecule has 2 nitrogen and oxygen atoms in total. The molecule has 0 aliphatic carbocycles. The van der Waals surface area contributed by atoms with Crippen molar-refractivity contribution in [3.05, 3.63) is 63.6 Å². The third-order valence-electron chi connectivity index (χ3n) is 2.97. The van der Waals surface area contributed by atoms with Crippen molar-refractivity contribution in [2.24, 2.45) is 0 Å². The Labute approximate surface area is 121 Å². The van der Waals surface area contributed by atoms with Crippen LogP contribution < -0.4 is 4.74 Å². The van der Waals surface area contributed by atoms with Gasteiger partial charge in [0.05, 0.1) is 7.11 Å². The second-order valence-electron chi connectivity index (χ2n) is 4.42. The van der Waals surface area contributed by atoms with Crippen LogP contribution in [0.25, 0.3) is 0 Å². The van der Waals surface area contributed by atoms with Crippen molar-refractivity contribution in [3.8, 4) is 5.75 Å². The molecule has 0 spiro atoms. The van der Waals surface area contributed by atoms with Crippen molar-refractivity contribution < 1.29 is 9.53 Å². The van der Waals surface area contributed by atoms with Crippen molar-refractivity contribution in [2.45, 2.75) is 13.3 Å². The predicted molar refractivity (Wildman–Crippen MR) is 79.9 cm³/mol. The fourth-order valence-electron chi connectivity index (χ4n) is 1.90. The molecule has 0 heterocycles. The molecule has 0 aliphatic rings. The first-order chi connectivity index (χ1) is 9.10. The third kappa shape index (κ3) is 3.44. The standard InChI is InChI=1S/C16H15BrO2/c1-11-3-5-12(6-4-11)15(18)10-13-9-14(17)7-8-16(13)19-2/h3-9H,10H2,1-2H3. The molecule has 0 saturated carbocycles. The van der Waals surface area contributed by atoms with E-state index in [2.05, 4.69) is 15.9 Å². The molecule has 0 fully saturated rings. The Balaban J connectivity index is 2.23. The van der Waals surface area contributed by atoms with Crippen LogP contribution in [0, 0.1) is 6.92 Å². The average Bonchev–Trinajstić information content (AvgIpc) is 2.39. The SMILES string of the molecule is COc1ccc(Br)cc1CC(=O)c1ccc(C)cc1. The maximum atomic E-state index is 12.2. The van der Waals surface area contributed by atoms with Crippen LogP contribution >= 0.6 is 15.9 Å². The zero-order valence-corrected chi connectivity index (χ0v) is 12.5. The van der Waals surface area contributed by atoms with Crippen molar-refractivity contribution in [3.63, 3.8) is 0 Å². The highest BCUT2D eigenvalue weighted by atomic mass is 79.9. The van der Waals surface area contributed by atoms with E-state index in [4.69, 9.17) is 4.74 Å². The molecule has 0 atom stereocenters. The quantitative estimate of drug-likeness (QED) is 0.790. The van der Waals surface area contributed by atoms with E-state index >= 15 is 0 Å². The summed E-state index contributed by atoms with van der Waals surface area (Å²) in [7, 11) is 1.61. The normalized spacial score (nSPS) is 10.3. The first-order valence-corrected chi connectivity index (χ1v) is 6.81. The summed E-state index contributed by atoms with van der Waals surface area (Å²) in [5.74, 6) is 0.833.